The second kappa shape index (κ2) is 5.40. The number of sulfonamides is 1. The van der Waals surface area contributed by atoms with E-state index in [-0.39, 0.29) is 10.8 Å². The lowest BCUT2D eigenvalue weighted by Crippen LogP contribution is -2.30. The molecule has 1 aliphatic rings. The van der Waals surface area contributed by atoms with Crippen molar-refractivity contribution in [3.05, 3.63) is 46.8 Å². The van der Waals surface area contributed by atoms with Crippen molar-refractivity contribution in [2.24, 2.45) is 0 Å². The molecule has 1 unspecified atom stereocenters. The topological polar surface area (TPSA) is 74.7 Å². The summed E-state index contributed by atoms with van der Waals surface area (Å²) in [7, 11) is -3.72. The first-order valence-electron chi connectivity index (χ1n) is 6.88. The summed E-state index contributed by atoms with van der Waals surface area (Å²) >= 11 is 1.23. The highest BCUT2D eigenvalue weighted by atomic mass is 32.2. The Labute approximate surface area is 132 Å². The van der Waals surface area contributed by atoms with Gasteiger partial charge in [-0.05, 0) is 30.2 Å². The number of fused-ring (bicyclic) bond motifs is 1. The molecule has 0 spiro atoms. The molecule has 0 aliphatic carbocycles. The van der Waals surface area contributed by atoms with Gasteiger partial charge in [0.05, 0.1) is 12.2 Å². The van der Waals surface area contributed by atoms with E-state index in [4.69, 9.17) is 0 Å². The second-order valence-corrected chi connectivity index (χ2v) is 8.32. The van der Waals surface area contributed by atoms with Crippen molar-refractivity contribution in [2.45, 2.75) is 23.5 Å². The van der Waals surface area contributed by atoms with Crippen molar-refractivity contribution in [1.82, 2.24) is 0 Å². The zero-order valence-corrected chi connectivity index (χ0v) is 13.5. The average Bonchev–Trinajstić information content (AvgIpc) is 3.12. The minimum Gasteiger partial charge on any atom is -0.481 e. The third-order valence-electron chi connectivity index (χ3n) is 3.76. The van der Waals surface area contributed by atoms with Gasteiger partial charge in [-0.1, -0.05) is 25.1 Å². The molecule has 1 atom stereocenters. The molecule has 1 N–H and O–H groups in total. The molecule has 22 heavy (non-hydrogen) atoms. The summed E-state index contributed by atoms with van der Waals surface area (Å²) in [5.41, 5.74) is 1.01. The van der Waals surface area contributed by atoms with Gasteiger partial charge >= 0.3 is 5.97 Å². The van der Waals surface area contributed by atoms with E-state index in [1.807, 2.05) is 6.92 Å². The van der Waals surface area contributed by atoms with Crippen molar-refractivity contribution < 1.29 is 18.3 Å². The molecule has 3 rings (SSSR count). The van der Waals surface area contributed by atoms with E-state index in [0.29, 0.717) is 11.3 Å². The third-order valence-corrected chi connectivity index (χ3v) is 7.23. The zero-order chi connectivity index (χ0) is 15.9. The van der Waals surface area contributed by atoms with Crippen molar-refractivity contribution in [1.29, 1.82) is 0 Å². The normalized spacial score (nSPS) is 17.5. The summed E-state index contributed by atoms with van der Waals surface area (Å²) in [6, 6.07) is 10.2. The Balaban J connectivity index is 2.07. The van der Waals surface area contributed by atoms with Crippen LogP contribution in [0.2, 0.25) is 0 Å². The fourth-order valence-corrected chi connectivity index (χ4v) is 5.52. The maximum Gasteiger partial charge on any atom is 0.312 e. The summed E-state index contributed by atoms with van der Waals surface area (Å²) in [6.07, 6.45) is 0.772. The summed E-state index contributed by atoms with van der Waals surface area (Å²) < 4.78 is 27.1. The third kappa shape index (κ3) is 2.30. The maximum absolute atomic E-state index is 12.8. The number of carboxylic acid groups (broad SMARTS) is 1. The van der Waals surface area contributed by atoms with Gasteiger partial charge in [0.25, 0.3) is 10.0 Å². The number of thiophene rings is 1. The van der Waals surface area contributed by atoms with Crippen molar-refractivity contribution >= 4 is 33.0 Å². The number of nitrogens with zero attached hydrogens (tertiary/aromatic N) is 1. The van der Waals surface area contributed by atoms with Crippen molar-refractivity contribution in [3.8, 4) is 0 Å². The van der Waals surface area contributed by atoms with Gasteiger partial charge in [-0.3, -0.25) is 9.10 Å². The summed E-state index contributed by atoms with van der Waals surface area (Å²) in [6.45, 7) is 1.91. The van der Waals surface area contributed by atoms with Gasteiger partial charge in [-0.2, -0.15) is 0 Å². The summed E-state index contributed by atoms with van der Waals surface area (Å²) in [5.74, 6) is -1.83. The van der Waals surface area contributed by atoms with Gasteiger partial charge < -0.3 is 5.11 Å². The Kier molecular flexibility index (Phi) is 3.70. The van der Waals surface area contributed by atoms with Crippen LogP contribution in [0.25, 0.3) is 0 Å². The first-order chi connectivity index (χ1) is 10.4. The molecule has 5 nitrogen and oxygen atoms in total. The molecule has 2 aromatic rings. The van der Waals surface area contributed by atoms with Crippen LogP contribution in [0.3, 0.4) is 0 Å². The number of aryl methyl sites for hydroxylation is 1. The molecule has 0 saturated carbocycles. The summed E-state index contributed by atoms with van der Waals surface area (Å²) in [4.78, 5) is 12.4. The molecule has 1 aliphatic heterocycles. The number of anilines is 1. The largest absolute Gasteiger partial charge is 0.481 e. The van der Waals surface area contributed by atoms with Gasteiger partial charge in [0.2, 0.25) is 0 Å². The molecule has 0 bridgehead atoms. The number of carbonyl (C=O) groups is 1. The van der Waals surface area contributed by atoms with Crippen LogP contribution in [0.5, 0.6) is 0 Å². The van der Waals surface area contributed by atoms with Gasteiger partial charge in [0.15, 0.2) is 0 Å². The number of benzene rings is 1. The van der Waals surface area contributed by atoms with E-state index in [1.165, 1.54) is 15.6 Å². The van der Waals surface area contributed by atoms with Crippen molar-refractivity contribution in [3.63, 3.8) is 0 Å². The lowest BCUT2D eigenvalue weighted by Gasteiger charge is -2.18. The Morgan fingerprint density at radius 2 is 2.05 bits per heavy atom. The lowest BCUT2D eigenvalue weighted by atomic mass is 10.0. The molecule has 0 amide bonds. The van der Waals surface area contributed by atoms with Crippen LogP contribution in [0, 0.1) is 0 Å². The van der Waals surface area contributed by atoms with Crippen LogP contribution < -0.4 is 4.31 Å². The van der Waals surface area contributed by atoms with Gasteiger partial charge in [0.1, 0.15) is 10.1 Å². The minimum absolute atomic E-state index is 0.0592. The van der Waals surface area contributed by atoms with Crippen molar-refractivity contribution in [2.75, 3.05) is 10.8 Å². The van der Waals surface area contributed by atoms with E-state index in [2.05, 4.69) is 0 Å². The number of para-hydroxylation sites is 1. The zero-order valence-electron chi connectivity index (χ0n) is 11.9. The molecular weight excluding hydrogens is 322 g/mol. The van der Waals surface area contributed by atoms with Crippen LogP contribution in [-0.4, -0.2) is 26.0 Å². The maximum atomic E-state index is 12.8. The van der Waals surface area contributed by atoms with Gasteiger partial charge in [-0.25, -0.2) is 8.42 Å². The monoisotopic (exact) mass is 337 g/mol. The Bertz CT molecular complexity index is 826. The fraction of sp³-hybridized carbons (Fsp3) is 0.267. The second-order valence-electron chi connectivity index (χ2n) is 5.06. The van der Waals surface area contributed by atoms with Crippen LogP contribution in [-0.2, 0) is 21.2 Å². The Hall–Kier alpha value is -1.86. The van der Waals surface area contributed by atoms with E-state index in [9.17, 15) is 18.3 Å². The number of carboxylic acids is 1. The molecule has 7 heteroatoms. The average molecular weight is 337 g/mol. The van der Waals surface area contributed by atoms with E-state index < -0.39 is 21.9 Å². The van der Waals surface area contributed by atoms with Gasteiger partial charge in [-0.15, -0.1) is 11.3 Å². The molecule has 116 valence electrons. The van der Waals surface area contributed by atoms with Gasteiger partial charge in [0, 0.05) is 4.88 Å². The van der Waals surface area contributed by atoms with Crippen LogP contribution in [0.15, 0.2) is 40.6 Å². The number of hydrogen-bond acceptors (Lipinski definition) is 4. The standard InChI is InChI=1S/C15H15NO4S2/c1-2-10-7-8-14(21-10)22(19,20)16-9-12(15(17)18)11-5-3-4-6-13(11)16/h3-8,12H,2,9H2,1H3,(H,17,18). The predicted molar refractivity (Wildman–Crippen MR) is 85.0 cm³/mol. The van der Waals surface area contributed by atoms with E-state index in [1.54, 1.807) is 36.4 Å². The molecule has 0 radical (unpaired) electrons. The van der Waals surface area contributed by atoms with Crippen LogP contribution >= 0.6 is 11.3 Å². The Morgan fingerprint density at radius 3 is 2.68 bits per heavy atom. The highest BCUT2D eigenvalue weighted by Gasteiger charge is 2.40. The smallest absolute Gasteiger partial charge is 0.312 e. The highest BCUT2D eigenvalue weighted by Crippen LogP contribution is 2.40. The molecule has 2 heterocycles. The highest BCUT2D eigenvalue weighted by molar-refractivity contribution is 7.94. The number of rotatable bonds is 4. The minimum atomic E-state index is -3.72. The first kappa shape index (κ1) is 15.1. The predicted octanol–water partition coefficient (Wildman–Crippen LogP) is 2.69. The number of hydrogen-bond donors (Lipinski definition) is 1. The summed E-state index contributed by atoms with van der Waals surface area (Å²) in [5, 5.41) is 9.34. The fourth-order valence-electron chi connectivity index (χ4n) is 2.61. The number of aliphatic carboxylic acids is 1. The van der Waals surface area contributed by atoms with Crippen LogP contribution in [0.1, 0.15) is 23.3 Å². The molecular formula is C15H15NO4S2. The molecule has 1 aromatic heterocycles. The molecule has 0 saturated heterocycles. The van der Waals surface area contributed by atoms with E-state index >= 15 is 0 Å². The molecule has 1 aromatic carbocycles. The SMILES string of the molecule is CCc1ccc(S(=O)(=O)N2CC(C(=O)O)c3ccccc32)s1. The lowest BCUT2D eigenvalue weighted by molar-refractivity contribution is -0.138. The molecule has 0 fully saturated rings. The van der Waals surface area contributed by atoms with E-state index in [0.717, 1.165) is 11.3 Å². The first-order valence-corrected chi connectivity index (χ1v) is 9.14. The van der Waals surface area contributed by atoms with Crippen LogP contribution in [0.4, 0.5) is 5.69 Å². The quantitative estimate of drug-likeness (QED) is 0.931. The Morgan fingerprint density at radius 1 is 1.32 bits per heavy atom.